The van der Waals surface area contributed by atoms with Gasteiger partial charge in [0, 0.05) is 53.7 Å². The van der Waals surface area contributed by atoms with E-state index >= 15 is 0 Å². The van der Waals surface area contributed by atoms with Crippen molar-refractivity contribution in [3.05, 3.63) is 60.2 Å². The molecule has 0 bridgehead atoms. The molecule has 0 radical (unpaired) electrons. The zero-order chi connectivity index (χ0) is 21.7. The van der Waals surface area contributed by atoms with E-state index in [1.165, 1.54) is 0 Å². The molecule has 1 atom stereocenters. The number of thiazole rings is 1. The Morgan fingerprint density at radius 2 is 1.97 bits per heavy atom. The van der Waals surface area contributed by atoms with E-state index in [-0.39, 0.29) is 25.0 Å². The van der Waals surface area contributed by atoms with Crippen molar-refractivity contribution in [2.45, 2.75) is 6.42 Å². The van der Waals surface area contributed by atoms with Crippen LogP contribution in [0.4, 0.5) is 11.4 Å². The summed E-state index contributed by atoms with van der Waals surface area (Å²) in [6.45, 7) is 0.503. The van der Waals surface area contributed by atoms with E-state index in [1.54, 1.807) is 28.4 Å². The van der Waals surface area contributed by atoms with E-state index in [9.17, 15) is 9.59 Å². The van der Waals surface area contributed by atoms with Gasteiger partial charge in [-0.1, -0.05) is 12.1 Å². The van der Waals surface area contributed by atoms with Gasteiger partial charge in [0.25, 0.3) is 0 Å². The SMILES string of the molecule is O=C(Nc1ccc(-c2cn3ccsc3n2)cc1)C1CC(=O)N(c2ccc3c(c2)OCO3)C1. The Morgan fingerprint density at radius 1 is 1.12 bits per heavy atom. The van der Waals surface area contributed by atoms with Crippen LogP contribution >= 0.6 is 11.3 Å². The number of anilines is 2. The van der Waals surface area contributed by atoms with E-state index in [4.69, 9.17) is 9.47 Å². The van der Waals surface area contributed by atoms with Gasteiger partial charge in [-0.25, -0.2) is 4.98 Å². The minimum Gasteiger partial charge on any atom is -0.454 e. The van der Waals surface area contributed by atoms with Gasteiger partial charge < -0.3 is 19.7 Å². The quantitative estimate of drug-likeness (QED) is 0.516. The number of fused-ring (bicyclic) bond motifs is 2. The lowest BCUT2D eigenvalue weighted by atomic mass is 10.1. The number of hydrogen-bond acceptors (Lipinski definition) is 6. The first kappa shape index (κ1) is 18.9. The largest absolute Gasteiger partial charge is 0.454 e. The minimum absolute atomic E-state index is 0.0842. The summed E-state index contributed by atoms with van der Waals surface area (Å²) in [6, 6.07) is 12.9. The molecule has 0 saturated carbocycles. The van der Waals surface area contributed by atoms with Gasteiger partial charge in [-0.15, -0.1) is 11.3 Å². The van der Waals surface area contributed by atoms with Gasteiger partial charge in [0.05, 0.1) is 11.6 Å². The Bertz CT molecular complexity index is 1320. The Kier molecular flexibility index (Phi) is 4.36. The fourth-order valence-corrected chi connectivity index (χ4v) is 4.72. The molecule has 2 amide bonds. The van der Waals surface area contributed by atoms with Crippen LogP contribution in [-0.4, -0.2) is 34.5 Å². The number of benzene rings is 2. The first-order valence-corrected chi connectivity index (χ1v) is 11.1. The van der Waals surface area contributed by atoms with Crippen molar-refractivity contribution in [2.24, 2.45) is 5.92 Å². The number of carbonyl (C=O) groups is 2. The fourth-order valence-electron chi connectivity index (χ4n) is 4.02. The number of aromatic nitrogens is 2. The molecule has 1 unspecified atom stereocenters. The van der Waals surface area contributed by atoms with Gasteiger partial charge in [-0.2, -0.15) is 0 Å². The maximum absolute atomic E-state index is 12.8. The van der Waals surface area contributed by atoms with Crippen LogP contribution < -0.4 is 19.7 Å². The molecule has 9 heteroatoms. The molecule has 2 aliphatic rings. The maximum Gasteiger partial charge on any atom is 0.231 e. The molecule has 2 aromatic carbocycles. The highest BCUT2D eigenvalue weighted by Gasteiger charge is 2.35. The molecule has 32 heavy (non-hydrogen) atoms. The van der Waals surface area contributed by atoms with Crippen LogP contribution in [0, 0.1) is 5.92 Å². The molecule has 1 saturated heterocycles. The summed E-state index contributed by atoms with van der Waals surface area (Å²) in [5.41, 5.74) is 3.26. The summed E-state index contributed by atoms with van der Waals surface area (Å²) >= 11 is 1.58. The van der Waals surface area contributed by atoms with Crippen LogP contribution in [0.2, 0.25) is 0 Å². The fraction of sp³-hybridized carbons (Fsp3) is 0.174. The maximum atomic E-state index is 12.8. The van der Waals surface area contributed by atoms with Crippen molar-refractivity contribution in [3.8, 4) is 22.8 Å². The molecule has 4 heterocycles. The van der Waals surface area contributed by atoms with Crippen LogP contribution in [0.1, 0.15) is 6.42 Å². The number of rotatable bonds is 4. The molecule has 2 aromatic heterocycles. The third-order valence-corrected chi connectivity index (χ3v) is 6.48. The van der Waals surface area contributed by atoms with Crippen LogP contribution in [0.25, 0.3) is 16.2 Å². The molecule has 0 spiro atoms. The number of hydrogen-bond donors (Lipinski definition) is 1. The average Bonchev–Trinajstić information content (AvgIpc) is 3.57. The smallest absolute Gasteiger partial charge is 0.231 e. The highest BCUT2D eigenvalue weighted by atomic mass is 32.1. The van der Waals surface area contributed by atoms with Gasteiger partial charge in [-0.3, -0.25) is 14.0 Å². The second kappa shape index (κ2) is 7.38. The number of amides is 2. The van der Waals surface area contributed by atoms with E-state index in [2.05, 4.69) is 10.3 Å². The Hall–Kier alpha value is -3.85. The first-order valence-electron chi connectivity index (χ1n) is 10.2. The summed E-state index contributed by atoms with van der Waals surface area (Å²) < 4.78 is 12.7. The number of nitrogens with one attached hydrogen (secondary N) is 1. The summed E-state index contributed by atoms with van der Waals surface area (Å²) in [7, 11) is 0. The molecule has 160 valence electrons. The third kappa shape index (κ3) is 3.27. The highest BCUT2D eigenvalue weighted by molar-refractivity contribution is 7.15. The predicted octanol–water partition coefficient (Wildman–Crippen LogP) is 3.78. The summed E-state index contributed by atoms with van der Waals surface area (Å²) in [6.07, 6.45) is 4.12. The van der Waals surface area contributed by atoms with Crippen molar-refractivity contribution < 1.29 is 19.1 Å². The van der Waals surface area contributed by atoms with E-state index in [0.717, 1.165) is 16.2 Å². The van der Waals surface area contributed by atoms with Gasteiger partial charge in [0.2, 0.25) is 18.6 Å². The molecule has 1 N–H and O–H groups in total. The molecule has 2 aliphatic heterocycles. The molecule has 6 rings (SSSR count). The average molecular weight is 446 g/mol. The van der Waals surface area contributed by atoms with Crippen LogP contribution in [-0.2, 0) is 9.59 Å². The lowest BCUT2D eigenvalue weighted by Crippen LogP contribution is -2.28. The highest BCUT2D eigenvalue weighted by Crippen LogP contribution is 2.37. The second-order valence-electron chi connectivity index (χ2n) is 7.73. The van der Waals surface area contributed by atoms with Gasteiger partial charge in [0.1, 0.15) is 0 Å². The van der Waals surface area contributed by atoms with Crippen molar-refractivity contribution in [1.29, 1.82) is 0 Å². The summed E-state index contributed by atoms with van der Waals surface area (Å²) in [5, 5.41) is 4.92. The van der Waals surface area contributed by atoms with Crippen LogP contribution in [0.3, 0.4) is 0 Å². The lowest BCUT2D eigenvalue weighted by Gasteiger charge is -2.17. The molecule has 4 aromatic rings. The first-order chi connectivity index (χ1) is 15.6. The van der Waals surface area contributed by atoms with Crippen LogP contribution in [0.5, 0.6) is 11.5 Å². The normalized spacial score (nSPS) is 17.3. The van der Waals surface area contributed by atoms with E-state index in [0.29, 0.717) is 29.4 Å². The molecule has 8 nitrogen and oxygen atoms in total. The number of ether oxygens (including phenoxy) is 2. The summed E-state index contributed by atoms with van der Waals surface area (Å²) in [5.74, 6) is 0.595. The monoisotopic (exact) mass is 446 g/mol. The number of carbonyl (C=O) groups excluding carboxylic acids is 2. The Morgan fingerprint density at radius 3 is 2.81 bits per heavy atom. The molecule has 1 fully saturated rings. The minimum atomic E-state index is -0.424. The van der Waals surface area contributed by atoms with Crippen molar-refractivity contribution in [1.82, 2.24) is 9.38 Å². The molecular formula is C23H18N4O4S. The molecule has 0 aliphatic carbocycles. The van der Waals surface area contributed by atoms with Crippen molar-refractivity contribution >= 4 is 39.5 Å². The standard InChI is InChI=1S/C23H18N4O4S/c28-21-9-15(11-27(21)17-5-6-19-20(10-17)31-13-30-19)22(29)24-16-3-1-14(2-4-16)18-12-26-7-8-32-23(26)25-18/h1-8,10,12,15H,9,11,13H2,(H,24,29). The van der Waals surface area contributed by atoms with E-state index in [1.807, 2.05) is 52.5 Å². The van der Waals surface area contributed by atoms with Gasteiger partial charge in [-0.05, 0) is 24.3 Å². The second-order valence-corrected chi connectivity index (χ2v) is 8.60. The number of imidazole rings is 1. The zero-order valence-electron chi connectivity index (χ0n) is 16.9. The number of nitrogens with zero attached hydrogens (tertiary/aromatic N) is 3. The summed E-state index contributed by atoms with van der Waals surface area (Å²) in [4.78, 5) is 32.5. The van der Waals surface area contributed by atoms with Crippen molar-refractivity contribution in [2.75, 3.05) is 23.6 Å². The molecular weight excluding hydrogens is 428 g/mol. The van der Waals surface area contributed by atoms with E-state index < -0.39 is 5.92 Å². The Labute approximate surface area is 187 Å². The van der Waals surface area contributed by atoms with Gasteiger partial charge >= 0.3 is 0 Å². The zero-order valence-corrected chi connectivity index (χ0v) is 17.7. The van der Waals surface area contributed by atoms with Gasteiger partial charge in [0.15, 0.2) is 16.5 Å². The third-order valence-electron chi connectivity index (χ3n) is 5.71. The van der Waals surface area contributed by atoms with Crippen LogP contribution in [0.15, 0.2) is 60.2 Å². The topological polar surface area (TPSA) is 85.2 Å². The Balaban J connectivity index is 1.13. The predicted molar refractivity (Wildman–Crippen MR) is 120 cm³/mol. The van der Waals surface area contributed by atoms with Crippen molar-refractivity contribution in [3.63, 3.8) is 0 Å². The lowest BCUT2D eigenvalue weighted by molar-refractivity contribution is -0.122.